The quantitative estimate of drug-likeness (QED) is 0.247. The fraction of sp³-hybridized carbons (Fsp3) is 0.263. The minimum Gasteiger partial charge on any atom is -0.494 e. The molecular weight excluding hydrogens is 323 g/mol. The number of hydrogen-bond acceptors (Lipinski definition) is 4. The van der Waals surface area contributed by atoms with Crippen molar-refractivity contribution in [1.82, 2.24) is 5.48 Å². The maximum absolute atomic E-state index is 13.4. The minimum atomic E-state index is -0.528. The zero-order valence-corrected chi connectivity index (χ0v) is 14.0. The first-order chi connectivity index (χ1) is 12.2. The van der Waals surface area contributed by atoms with Gasteiger partial charge in [-0.1, -0.05) is 19.8 Å². The number of carbonyl (C=O) groups excluding carboxylic acids is 1. The standard InChI is InChI=1S/C19H21FN2O3/c1-2-3-4-11-25-17-9-7-16(8-10-17)21-19(22-24)18-12-15(20)6-5-14(18)13-23/h5-10,12-13,24H,2-4,11H2,1H3,(H,21,22). The Morgan fingerprint density at radius 2 is 2.00 bits per heavy atom. The van der Waals surface area contributed by atoms with Crippen LogP contribution in [0.5, 0.6) is 5.75 Å². The third-order valence-corrected chi connectivity index (χ3v) is 3.60. The highest BCUT2D eigenvalue weighted by Gasteiger charge is 2.10. The lowest BCUT2D eigenvalue weighted by molar-refractivity contribution is 0.112. The topological polar surface area (TPSA) is 70.9 Å². The largest absolute Gasteiger partial charge is 0.494 e. The smallest absolute Gasteiger partial charge is 0.158 e. The highest BCUT2D eigenvalue weighted by atomic mass is 19.1. The Morgan fingerprint density at radius 1 is 1.24 bits per heavy atom. The molecule has 5 nitrogen and oxygen atoms in total. The summed E-state index contributed by atoms with van der Waals surface area (Å²) in [5, 5.41) is 9.33. The molecule has 2 aromatic rings. The van der Waals surface area contributed by atoms with Crippen LogP contribution in [0.2, 0.25) is 0 Å². The van der Waals surface area contributed by atoms with Gasteiger partial charge in [0.2, 0.25) is 0 Å². The van der Waals surface area contributed by atoms with Gasteiger partial charge in [-0.25, -0.2) is 9.38 Å². The molecule has 0 amide bonds. The van der Waals surface area contributed by atoms with Crippen LogP contribution in [0, 0.1) is 5.82 Å². The van der Waals surface area contributed by atoms with Gasteiger partial charge in [0, 0.05) is 11.1 Å². The second kappa shape index (κ2) is 9.54. The van der Waals surface area contributed by atoms with Crippen molar-refractivity contribution in [1.29, 1.82) is 0 Å². The summed E-state index contributed by atoms with van der Waals surface area (Å²) in [6.45, 7) is 2.79. The minimum absolute atomic E-state index is 0.0155. The second-order valence-electron chi connectivity index (χ2n) is 5.47. The molecule has 0 bridgehead atoms. The summed E-state index contributed by atoms with van der Waals surface area (Å²) in [7, 11) is 0. The number of nitrogens with one attached hydrogen (secondary N) is 1. The number of hydroxylamine groups is 1. The first kappa shape index (κ1) is 18.6. The highest BCUT2D eigenvalue weighted by molar-refractivity contribution is 6.05. The molecule has 2 rings (SSSR count). The molecule has 0 heterocycles. The molecule has 0 saturated heterocycles. The lowest BCUT2D eigenvalue weighted by atomic mass is 10.1. The van der Waals surface area contributed by atoms with Gasteiger partial charge in [0.1, 0.15) is 11.6 Å². The van der Waals surface area contributed by atoms with Crippen molar-refractivity contribution in [2.24, 2.45) is 4.99 Å². The molecule has 132 valence electrons. The Bertz CT molecular complexity index is 730. The average Bonchev–Trinajstić information content (AvgIpc) is 2.64. The number of carbonyl (C=O) groups is 1. The number of unbranched alkanes of at least 4 members (excludes halogenated alkanes) is 2. The molecule has 0 fully saturated rings. The van der Waals surface area contributed by atoms with Gasteiger partial charge < -0.3 is 4.74 Å². The molecular formula is C19H21FN2O3. The Morgan fingerprint density at radius 3 is 2.64 bits per heavy atom. The van der Waals surface area contributed by atoms with Crippen molar-refractivity contribution in [2.45, 2.75) is 26.2 Å². The monoisotopic (exact) mass is 344 g/mol. The van der Waals surface area contributed by atoms with Crippen LogP contribution in [-0.4, -0.2) is 23.9 Å². The van der Waals surface area contributed by atoms with Crippen molar-refractivity contribution in [3.63, 3.8) is 0 Å². The average molecular weight is 344 g/mol. The van der Waals surface area contributed by atoms with Crippen molar-refractivity contribution in [2.75, 3.05) is 6.61 Å². The van der Waals surface area contributed by atoms with Gasteiger partial charge in [0.25, 0.3) is 0 Å². The Labute approximate surface area is 146 Å². The van der Waals surface area contributed by atoms with Crippen molar-refractivity contribution >= 4 is 17.8 Å². The number of rotatable bonds is 8. The second-order valence-corrected chi connectivity index (χ2v) is 5.47. The number of hydrogen-bond donors (Lipinski definition) is 2. The summed E-state index contributed by atoms with van der Waals surface area (Å²) >= 11 is 0. The summed E-state index contributed by atoms with van der Waals surface area (Å²) in [5.41, 5.74) is 2.85. The predicted molar refractivity (Wildman–Crippen MR) is 94.4 cm³/mol. The molecule has 2 aromatic carbocycles. The van der Waals surface area contributed by atoms with E-state index in [0.717, 1.165) is 31.1 Å². The van der Waals surface area contributed by atoms with Gasteiger partial charge in [-0.2, -0.15) is 0 Å². The Balaban J connectivity index is 2.17. The zero-order valence-electron chi connectivity index (χ0n) is 14.0. The van der Waals surface area contributed by atoms with Crippen LogP contribution in [0.15, 0.2) is 47.5 Å². The molecule has 0 saturated carbocycles. The van der Waals surface area contributed by atoms with Gasteiger partial charge in [-0.3, -0.25) is 15.5 Å². The fourth-order valence-electron chi connectivity index (χ4n) is 2.27. The van der Waals surface area contributed by atoms with E-state index in [-0.39, 0.29) is 17.0 Å². The molecule has 0 aliphatic rings. The van der Waals surface area contributed by atoms with Gasteiger partial charge in [0.15, 0.2) is 12.1 Å². The highest BCUT2D eigenvalue weighted by Crippen LogP contribution is 2.20. The lowest BCUT2D eigenvalue weighted by Crippen LogP contribution is -2.21. The number of amidine groups is 1. The third kappa shape index (κ3) is 5.39. The molecule has 0 radical (unpaired) electrons. The fourth-order valence-corrected chi connectivity index (χ4v) is 2.27. The summed E-state index contributed by atoms with van der Waals surface area (Å²) in [6.07, 6.45) is 3.84. The van der Waals surface area contributed by atoms with Crippen LogP contribution in [0.25, 0.3) is 0 Å². The normalized spacial score (nSPS) is 11.2. The van der Waals surface area contributed by atoms with Gasteiger partial charge in [-0.15, -0.1) is 0 Å². The van der Waals surface area contributed by atoms with Gasteiger partial charge >= 0.3 is 0 Å². The molecule has 0 aromatic heterocycles. The van der Waals surface area contributed by atoms with Crippen LogP contribution in [0.4, 0.5) is 10.1 Å². The summed E-state index contributed by atoms with van der Waals surface area (Å²) < 4.78 is 19.1. The number of ether oxygens (including phenoxy) is 1. The van der Waals surface area contributed by atoms with Crippen molar-refractivity contribution in [3.8, 4) is 5.75 Å². The summed E-state index contributed by atoms with van der Waals surface area (Å²) in [6, 6.07) is 10.6. The summed E-state index contributed by atoms with van der Waals surface area (Å²) in [4.78, 5) is 15.3. The van der Waals surface area contributed by atoms with Crippen LogP contribution in [0.3, 0.4) is 0 Å². The van der Waals surface area contributed by atoms with E-state index >= 15 is 0 Å². The van der Waals surface area contributed by atoms with Gasteiger partial charge in [-0.05, 0) is 48.9 Å². The molecule has 0 unspecified atom stereocenters. The van der Waals surface area contributed by atoms with E-state index in [9.17, 15) is 14.4 Å². The maximum atomic E-state index is 13.4. The van der Waals surface area contributed by atoms with Gasteiger partial charge in [0.05, 0.1) is 12.3 Å². The van der Waals surface area contributed by atoms with E-state index in [4.69, 9.17) is 4.74 Å². The van der Waals surface area contributed by atoms with Crippen molar-refractivity contribution in [3.05, 3.63) is 59.4 Å². The summed E-state index contributed by atoms with van der Waals surface area (Å²) in [5.74, 6) is 0.186. The molecule has 0 spiro atoms. The lowest BCUT2D eigenvalue weighted by Gasteiger charge is -2.09. The molecule has 0 aliphatic carbocycles. The van der Waals surface area contributed by atoms with Crippen LogP contribution < -0.4 is 10.2 Å². The number of benzene rings is 2. The van der Waals surface area contributed by atoms with E-state index in [1.165, 1.54) is 12.1 Å². The van der Waals surface area contributed by atoms with Crippen LogP contribution in [0.1, 0.15) is 42.1 Å². The molecule has 0 atom stereocenters. The van der Waals surface area contributed by atoms with E-state index in [0.29, 0.717) is 18.6 Å². The van der Waals surface area contributed by atoms with Crippen molar-refractivity contribution < 1.29 is 19.1 Å². The van der Waals surface area contributed by atoms with E-state index in [1.807, 2.05) is 5.48 Å². The molecule has 25 heavy (non-hydrogen) atoms. The Kier molecular flexibility index (Phi) is 7.10. The number of aldehydes is 1. The first-order valence-corrected chi connectivity index (χ1v) is 8.14. The van der Waals surface area contributed by atoms with Crippen LogP contribution in [-0.2, 0) is 0 Å². The molecule has 2 N–H and O–H groups in total. The number of aliphatic imine (C=N–C) groups is 1. The molecule has 0 aliphatic heterocycles. The van der Waals surface area contributed by atoms with E-state index in [2.05, 4.69) is 11.9 Å². The van der Waals surface area contributed by atoms with Crippen LogP contribution >= 0.6 is 0 Å². The SMILES string of the molecule is CCCCCOc1ccc(N=C(NO)c2cc(F)ccc2C=O)cc1. The molecule has 6 heteroatoms. The Hall–Kier alpha value is -2.73. The third-order valence-electron chi connectivity index (χ3n) is 3.60. The van der Waals surface area contributed by atoms with E-state index in [1.54, 1.807) is 24.3 Å². The predicted octanol–water partition coefficient (Wildman–Crippen LogP) is 4.26. The number of halogens is 1. The zero-order chi connectivity index (χ0) is 18.1. The number of nitrogens with zero attached hydrogens (tertiary/aromatic N) is 1. The van der Waals surface area contributed by atoms with E-state index < -0.39 is 5.82 Å². The first-order valence-electron chi connectivity index (χ1n) is 8.14. The maximum Gasteiger partial charge on any atom is 0.158 e.